The number of thiocarbonyl (C=S) groups is 1. The Balaban J connectivity index is 1.84. The maximum Gasteiger partial charge on any atom is 0.151 e. The van der Waals surface area contributed by atoms with Crippen LogP contribution in [0.3, 0.4) is 0 Å². The van der Waals surface area contributed by atoms with Gasteiger partial charge in [-0.1, -0.05) is 73.5 Å². The van der Waals surface area contributed by atoms with E-state index in [2.05, 4.69) is 53.6 Å². The average molecular weight is 396 g/mol. The van der Waals surface area contributed by atoms with Gasteiger partial charge in [0.1, 0.15) is 5.69 Å². The van der Waals surface area contributed by atoms with Crippen molar-refractivity contribution in [3.8, 4) is 22.3 Å². The average Bonchev–Trinajstić information content (AvgIpc) is 2.69. The highest BCUT2D eigenvalue weighted by molar-refractivity contribution is 7.78. The van der Waals surface area contributed by atoms with Crippen LogP contribution in [0, 0.1) is 5.82 Å². The molecule has 0 amide bonds. The third-order valence-electron chi connectivity index (χ3n) is 4.50. The van der Waals surface area contributed by atoms with Crippen molar-refractivity contribution >= 4 is 34.7 Å². The summed E-state index contributed by atoms with van der Waals surface area (Å²) in [6.07, 6.45) is 3.53. The summed E-state index contributed by atoms with van der Waals surface area (Å²) in [6.45, 7) is 2.20. The van der Waals surface area contributed by atoms with E-state index in [0.717, 1.165) is 23.1 Å². The monoisotopic (exact) mass is 395 g/mol. The van der Waals surface area contributed by atoms with E-state index in [1.54, 1.807) is 6.07 Å². The number of benzene rings is 3. The molecule has 0 aliphatic heterocycles. The molecule has 0 spiro atoms. The van der Waals surface area contributed by atoms with Crippen molar-refractivity contribution in [2.24, 2.45) is 4.99 Å². The smallest absolute Gasteiger partial charge is 0.151 e. The first-order chi connectivity index (χ1) is 13.1. The third kappa shape index (κ3) is 4.70. The Bertz CT molecular complexity index is 951. The highest BCUT2D eigenvalue weighted by Crippen LogP contribution is 2.34. The van der Waals surface area contributed by atoms with Crippen LogP contribution in [0.5, 0.6) is 0 Å². The maximum absolute atomic E-state index is 14.2. The number of unbranched alkanes of at least 4 members (excludes halogenated alkanes) is 1. The van der Waals surface area contributed by atoms with Crippen molar-refractivity contribution in [2.45, 2.75) is 26.2 Å². The summed E-state index contributed by atoms with van der Waals surface area (Å²) in [5.41, 5.74) is 5.25. The minimum atomic E-state index is -0.512. The van der Waals surface area contributed by atoms with E-state index in [-0.39, 0.29) is 10.7 Å². The van der Waals surface area contributed by atoms with E-state index < -0.39 is 5.82 Å². The molecule has 3 aromatic carbocycles. The minimum absolute atomic E-state index is 0.0233. The van der Waals surface area contributed by atoms with Crippen LogP contribution in [-0.4, -0.2) is 5.16 Å². The summed E-state index contributed by atoms with van der Waals surface area (Å²) >= 11 is 10.6. The molecule has 0 radical (unpaired) electrons. The SMILES string of the molecule is CCCCc1ccc(-c2ccc(-c3cc(F)c(N=C=S)c(Cl)c3)cc2)cc1. The lowest BCUT2D eigenvalue weighted by molar-refractivity contribution is 0.630. The predicted octanol–water partition coefficient (Wildman–Crippen LogP) is 7.89. The number of nitrogens with zero attached hydrogens (tertiary/aromatic N) is 1. The molecule has 0 saturated heterocycles. The Hall–Kier alpha value is -2.32. The standard InChI is InChI=1S/C23H19ClFNS/c1-2-3-4-16-5-7-17(8-6-16)18-9-11-19(12-10-18)20-13-21(24)23(26-15-27)22(25)14-20/h5-14H,2-4H2,1H3. The van der Waals surface area contributed by atoms with Crippen molar-refractivity contribution in [2.75, 3.05) is 0 Å². The van der Waals surface area contributed by atoms with Crippen LogP contribution in [0.1, 0.15) is 25.3 Å². The lowest BCUT2D eigenvalue weighted by Crippen LogP contribution is -1.86. The van der Waals surface area contributed by atoms with Gasteiger partial charge in [0.05, 0.1) is 10.2 Å². The molecular formula is C23H19ClFNS. The molecule has 0 atom stereocenters. The first-order valence-electron chi connectivity index (χ1n) is 8.89. The molecular weight excluding hydrogens is 377 g/mol. The van der Waals surface area contributed by atoms with Crippen LogP contribution in [0.2, 0.25) is 5.02 Å². The van der Waals surface area contributed by atoms with Gasteiger partial charge in [-0.3, -0.25) is 0 Å². The Morgan fingerprint density at radius 2 is 1.48 bits per heavy atom. The van der Waals surface area contributed by atoms with Crippen molar-refractivity contribution in [3.05, 3.63) is 77.1 Å². The molecule has 0 saturated carbocycles. The molecule has 136 valence electrons. The second-order valence-corrected chi connectivity index (χ2v) is 6.96. The second-order valence-electron chi connectivity index (χ2n) is 6.37. The van der Waals surface area contributed by atoms with Gasteiger partial charge in [-0.25, -0.2) is 4.39 Å². The molecule has 4 heteroatoms. The quantitative estimate of drug-likeness (QED) is 0.305. The van der Waals surface area contributed by atoms with E-state index in [1.807, 2.05) is 24.3 Å². The Morgan fingerprint density at radius 3 is 2.00 bits per heavy atom. The van der Waals surface area contributed by atoms with Crippen molar-refractivity contribution in [3.63, 3.8) is 0 Å². The Kier molecular flexibility index (Phi) is 6.52. The van der Waals surface area contributed by atoms with Gasteiger partial charge in [0.2, 0.25) is 0 Å². The molecule has 0 fully saturated rings. The molecule has 0 aromatic heterocycles. The van der Waals surface area contributed by atoms with Gasteiger partial charge in [0.25, 0.3) is 0 Å². The Morgan fingerprint density at radius 1 is 0.926 bits per heavy atom. The number of isothiocyanates is 1. The molecule has 0 aliphatic rings. The fraction of sp³-hybridized carbons (Fsp3) is 0.174. The summed E-state index contributed by atoms with van der Waals surface area (Å²) in [7, 11) is 0. The van der Waals surface area contributed by atoms with Gasteiger partial charge < -0.3 is 0 Å². The van der Waals surface area contributed by atoms with Gasteiger partial charge in [-0.05, 0) is 65.0 Å². The van der Waals surface area contributed by atoms with E-state index in [4.69, 9.17) is 11.6 Å². The fourth-order valence-corrected chi connectivity index (χ4v) is 3.33. The topological polar surface area (TPSA) is 12.4 Å². The van der Waals surface area contributed by atoms with Crippen LogP contribution < -0.4 is 0 Å². The molecule has 0 heterocycles. The van der Waals surface area contributed by atoms with Crippen molar-refractivity contribution in [1.29, 1.82) is 0 Å². The van der Waals surface area contributed by atoms with Gasteiger partial charge in [-0.15, -0.1) is 0 Å². The zero-order valence-electron chi connectivity index (χ0n) is 15.0. The summed E-state index contributed by atoms with van der Waals surface area (Å²) in [6, 6.07) is 19.8. The van der Waals surface area contributed by atoms with Crippen LogP contribution >= 0.6 is 23.8 Å². The summed E-state index contributed by atoms with van der Waals surface area (Å²) in [5.74, 6) is -0.512. The number of hydrogen-bond donors (Lipinski definition) is 0. The lowest BCUT2D eigenvalue weighted by atomic mass is 9.98. The van der Waals surface area contributed by atoms with Gasteiger partial charge in [0, 0.05) is 0 Å². The highest BCUT2D eigenvalue weighted by atomic mass is 35.5. The molecule has 1 nitrogen and oxygen atoms in total. The van der Waals surface area contributed by atoms with Gasteiger partial charge in [-0.2, -0.15) is 4.99 Å². The van der Waals surface area contributed by atoms with E-state index in [0.29, 0.717) is 5.56 Å². The normalized spacial score (nSPS) is 10.5. The van der Waals surface area contributed by atoms with Crippen LogP contribution in [0.15, 0.2) is 65.7 Å². The summed E-state index contributed by atoms with van der Waals surface area (Å²) in [5, 5.41) is 2.37. The number of hydrogen-bond acceptors (Lipinski definition) is 2. The largest absolute Gasteiger partial charge is 0.205 e. The fourth-order valence-electron chi connectivity index (χ4n) is 2.98. The van der Waals surface area contributed by atoms with Gasteiger partial charge in [0.15, 0.2) is 5.82 Å². The van der Waals surface area contributed by atoms with Crippen molar-refractivity contribution in [1.82, 2.24) is 0 Å². The maximum atomic E-state index is 14.2. The number of aliphatic imine (C=N–C) groups is 1. The lowest BCUT2D eigenvalue weighted by Gasteiger charge is -2.08. The first-order valence-corrected chi connectivity index (χ1v) is 9.67. The van der Waals surface area contributed by atoms with E-state index >= 15 is 0 Å². The second kappa shape index (κ2) is 9.05. The molecule has 0 N–H and O–H groups in total. The van der Waals surface area contributed by atoms with E-state index in [9.17, 15) is 4.39 Å². The number of aryl methyl sites for hydroxylation is 1. The number of rotatable bonds is 6. The first kappa shape index (κ1) is 19.4. The molecule has 0 unspecified atom stereocenters. The van der Waals surface area contributed by atoms with Gasteiger partial charge >= 0.3 is 0 Å². The van der Waals surface area contributed by atoms with E-state index in [1.165, 1.54) is 24.5 Å². The molecule has 0 bridgehead atoms. The Labute approximate surface area is 169 Å². The molecule has 27 heavy (non-hydrogen) atoms. The molecule has 3 rings (SSSR count). The third-order valence-corrected chi connectivity index (χ3v) is 4.88. The minimum Gasteiger partial charge on any atom is -0.205 e. The van der Waals surface area contributed by atoms with Crippen LogP contribution in [0.25, 0.3) is 22.3 Å². The highest BCUT2D eigenvalue weighted by Gasteiger charge is 2.10. The van der Waals surface area contributed by atoms with Crippen LogP contribution in [-0.2, 0) is 6.42 Å². The number of halogens is 2. The molecule has 3 aromatic rings. The zero-order valence-corrected chi connectivity index (χ0v) is 16.6. The zero-order chi connectivity index (χ0) is 19.2. The molecule has 0 aliphatic carbocycles. The predicted molar refractivity (Wildman–Crippen MR) is 116 cm³/mol. The summed E-state index contributed by atoms with van der Waals surface area (Å²) < 4.78 is 14.2. The van der Waals surface area contributed by atoms with Crippen LogP contribution in [0.4, 0.5) is 10.1 Å². The van der Waals surface area contributed by atoms with Crippen molar-refractivity contribution < 1.29 is 4.39 Å². The summed E-state index contributed by atoms with van der Waals surface area (Å²) in [4.78, 5) is 3.68.